The van der Waals surface area contributed by atoms with Crippen LogP contribution in [0.25, 0.3) is 0 Å². The Kier molecular flexibility index (Phi) is 2.78. The molecule has 4 heteroatoms. The van der Waals surface area contributed by atoms with Crippen molar-refractivity contribution in [3.05, 3.63) is 44.4 Å². The van der Waals surface area contributed by atoms with Crippen LogP contribution in [-0.4, -0.2) is 11.5 Å². The number of hydrogen-bond donors (Lipinski definition) is 0. The van der Waals surface area contributed by atoms with Gasteiger partial charge in [-0.2, -0.15) is 0 Å². The Labute approximate surface area is 96.8 Å². The number of rotatable bonds is 4. The van der Waals surface area contributed by atoms with Gasteiger partial charge in [-0.15, -0.1) is 0 Å². The molecule has 3 nitrogen and oxygen atoms in total. The standard InChI is InChI=1S/C11H12BrNO2/c12-10-3-1-9(2-4-10)11(5-6-11)7-8-13(14)15/h1-4H,5-8H2. The predicted octanol–water partition coefficient (Wildman–Crippen LogP) is 3.15. The Hall–Kier alpha value is -0.900. The highest BCUT2D eigenvalue weighted by Crippen LogP contribution is 2.51. The van der Waals surface area contributed by atoms with Crippen LogP contribution in [0, 0.1) is 10.1 Å². The van der Waals surface area contributed by atoms with Crippen molar-refractivity contribution >= 4 is 15.9 Å². The van der Waals surface area contributed by atoms with Gasteiger partial charge in [-0.1, -0.05) is 28.1 Å². The lowest BCUT2D eigenvalue weighted by molar-refractivity contribution is -0.481. The van der Waals surface area contributed by atoms with Gasteiger partial charge in [0.2, 0.25) is 6.54 Å². The van der Waals surface area contributed by atoms with Gasteiger partial charge in [0.25, 0.3) is 0 Å². The van der Waals surface area contributed by atoms with Gasteiger partial charge in [0.15, 0.2) is 0 Å². The number of nitro groups is 1. The fourth-order valence-corrected chi connectivity index (χ4v) is 2.21. The molecule has 0 heterocycles. The Balaban J connectivity index is 2.09. The first-order valence-corrected chi connectivity index (χ1v) is 5.80. The zero-order chi connectivity index (χ0) is 10.9. The van der Waals surface area contributed by atoms with Gasteiger partial charge in [0.05, 0.1) is 0 Å². The summed E-state index contributed by atoms with van der Waals surface area (Å²) in [4.78, 5) is 10.1. The molecule has 1 fully saturated rings. The summed E-state index contributed by atoms with van der Waals surface area (Å²) in [7, 11) is 0. The third kappa shape index (κ3) is 2.37. The molecule has 1 aromatic rings. The lowest BCUT2D eigenvalue weighted by Crippen LogP contribution is -2.13. The van der Waals surface area contributed by atoms with Gasteiger partial charge < -0.3 is 0 Å². The topological polar surface area (TPSA) is 43.1 Å². The Morgan fingerprint density at radius 3 is 2.40 bits per heavy atom. The van der Waals surface area contributed by atoms with Crippen LogP contribution in [0.15, 0.2) is 28.7 Å². The van der Waals surface area contributed by atoms with E-state index in [2.05, 4.69) is 28.1 Å². The second-order valence-electron chi connectivity index (χ2n) is 4.09. The first kappa shape index (κ1) is 10.6. The van der Waals surface area contributed by atoms with Crippen LogP contribution >= 0.6 is 15.9 Å². The van der Waals surface area contributed by atoms with E-state index in [0.29, 0.717) is 6.42 Å². The summed E-state index contributed by atoms with van der Waals surface area (Å²) in [5, 5.41) is 10.4. The van der Waals surface area contributed by atoms with Gasteiger partial charge in [0, 0.05) is 21.2 Å². The fourth-order valence-electron chi connectivity index (χ4n) is 1.94. The van der Waals surface area contributed by atoms with E-state index in [1.807, 2.05) is 12.1 Å². The molecule has 0 aromatic heterocycles. The minimum atomic E-state index is -0.223. The zero-order valence-corrected chi connectivity index (χ0v) is 9.87. The molecule has 0 N–H and O–H groups in total. The molecule has 0 radical (unpaired) electrons. The second kappa shape index (κ2) is 3.93. The molecule has 80 valence electrons. The van der Waals surface area contributed by atoms with Crippen molar-refractivity contribution in [2.24, 2.45) is 0 Å². The van der Waals surface area contributed by atoms with Gasteiger partial charge in [-0.05, 0) is 30.5 Å². The summed E-state index contributed by atoms with van der Waals surface area (Å²) in [6.45, 7) is 0.0794. The summed E-state index contributed by atoms with van der Waals surface area (Å²) >= 11 is 3.39. The maximum Gasteiger partial charge on any atom is 0.204 e. The van der Waals surface area contributed by atoms with Crippen LogP contribution in [0.5, 0.6) is 0 Å². The summed E-state index contributed by atoms with van der Waals surface area (Å²) in [6, 6.07) is 8.14. The normalized spacial score (nSPS) is 17.4. The van der Waals surface area contributed by atoms with Crippen LogP contribution in [0.1, 0.15) is 24.8 Å². The molecule has 1 aliphatic rings. The van der Waals surface area contributed by atoms with Gasteiger partial charge in [-0.3, -0.25) is 10.1 Å². The zero-order valence-electron chi connectivity index (χ0n) is 8.28. The molecule has 1 aliphatic carbocycles. The van der Waals surface area contributed by atoms with Crippen LogP contribution in [0.4, 0.5) is 0 Å². The molecule has 1 saturated carbocycles. The highest BCUT2D eigenvalue weighted by atomic mass is 79.9. The molecule has 0 saturated heterocycles. The van der Waals surface area contributed by atoms with E-state index in [1.54, 1.807) is 0 Å². The molecule has 0 atom stereocenters. The maximum absolute atomic E-state index is 10.4. The van der Waals surface area contributed by atoms with Crippen molar-refractivity contribution in [3.8, 4) is 0 Å². The average Bonchev–Trinajstić information content (AvgIpc) is 2.97. The summed E-state index contributed by atoms with van der Waals surface area (Å²) in [6.07, 6.45) is 2.84. The molecule has 1 aromatic carbocycles. The van der Waals surface area contributed by atoms with Crippen LogP contribution in [0.2, 0.25) is 0 Å². The van der Waals surface area contributed by atoms with E-state index in [9.17, 15) is 10.1 Å². The third-order valence-electron chi connectivity index (χ3n) is 3.08. The smallest absolute Gasteiger partial charge is 0.204 e. The molecule has 2 rings (SSSR count). The monoisotopic (exact) mass is 269 g/mol. The molecular formula is C11H12BrNO2. The molecule has 0 aliphatic heterocycles. The van der Waals surface area contributed by atoms with E-state index >= 15 is 0 Å². The van der Waals surface area contributed by atoms with Gasteiger partial charge >= 0.3 is 0 Å². The first-order valence-electron chi connectivity index (χ1n) is 5.00. The van der Waals surface area contributed by atoms with Crippen molar-refractivity contribution in [1.29, 1.82) is 0 Å². The van der Waals surface area contributed by atoms with E-state index < -0.39 is 0 Å². The lowest BCUT2D eigenvalue weighted by atomic mass is 9.93. The fraction of sp³-hybridized carbons (Fsp3) is 0.455. The molecule has 0 amide bonds. The van der Waals surface area contributed by atoms with E-state index in [-0.39, 0.29) is 16.9 Å². The average molecular weight is 270 g/mol. The van der Waals surface area contributed by atoms with Crippen molar-refractivity contribution in [1.82, 2.24) is 0 Å². The van der Waals surface area contributed by atoms with Crippen molar-refractivity contribution in [2.75, 3.05) is 6.54 Å². The maximum atomic E-state index is 10.4. The van der Waals surface area contributed by atoms with Crippen molar-refractivity contribution in [3.63, 3.8) is 0 Å². The molecular weight excluding hydrogens is 258 g/mol. The number of hydrogen-bond acceptors (Lipinski definition) is 2. The van der Waals surface area contributed by atoms with E-state index in [4.69, 9.17) is 0 Å². The van der Waals surface area contributed by atoms with E-state index in [0.717, 1.165) is 17.3 Å². The SMILES string of the molecule is O=[N+]([O-])CCC1(c2ccc(Br)cc2)CC1. The number of benzene rings is 1. The Bertz CT molecular complexity index is 371. The molecule has 0 spiro atoms. The number of nitrogens with zero attached hydrogens (tertiary/aromatic N) is 1. The van der Waals surface area contributed by atoms with Crippen LogP contribution in [-0.2, 0) is 5.41 Å². The van der Waals surface area contributed by atoms with Gasteiger partial charge in [-0.25, -0.2) is 0 Å². The Morgan fingerprint density at radius 2 is 1.93 bits per heavy atom. The predicted molar refractivity (Wildman–Crippen MR) is 61.5 cm³/mol. The van der Waals surface area contributed by atoms with Crippen LogP contribution in [0.3, 0.4) is 0 Å². The summed E-state index contributed by atoms with van der Waals surface area (Å²) in [5.41, 5.74) is 1.35. The molecule has 15 heavy (non-hydrogen) atoms. The van der Waals surface area contributed by atoms with Crippen LogP contribution < -0.4 is 0 Å². The highest BCUT2D eigenvalue weighted by Gasteiger charge is 2.44. The minimum absolute atomic E-state index is 0.0794. The summed E-state index contributed by atoms with van der Waals surface area (Å²) in [5.74, 6) is 0. The lowest BCUT2D eigenvalue weighted by Gasteiger charge is -2.12. The third-order valence-corrected chi connectivity index (χ3v) is 3.61. The summed E-state index contributed by atoms with van der Waals surface area (Å²) < 4.78 is 1.05. The largest absolute Gasteiger partial charge is 0.265 e. The number of halogens is 1. The minimum Gasteiger partial charge on any atom is -0.265 e. The van der Waals surface area contributed by atoms with E-state index in [1.165, 1.54) is 5.56 Å². The van der Waals surface area contributed by atoms with Crippen molar-refractivity contribution < 1.29 is 4.92 Å². The molecule has 0 unspecified atom stereocenters. The first-order chi connectivity index (χ1) is 7.12. The van der Waals surface area contributed by atoms with Gasteiger partial charge in [0.1, 0.15) is 0 Å². The van der Waals surface area contributed by atoms with Crippen molar-refractivity contribution in [2.45, 2.75) is 24.7 Å². The Morgan fingerprint density at radius 1 is 1.33 bits per heavy atom. The molecule has 0 bridgehead atoms. The second-order valence-corrected chi connectivity index (χ2v) is 5.01. The highest BCUT2D eigenvalue weighted by molar-refractivity contribution is 9.10. The quantitative estimate of drug-likeness (QED) is 0.623.